The quantitative estimate of drug-likeness (QED) is 0.293. The first-order chi connectivity index (χ1) is 14.5. The summed E-state index contributed by atoms with van der Waals surface area (Å²) in [5, 5.41) is 0. The van der Waals surface area contributed by atoms with Crippen molar-refractivity contribution in [2.75, 3.05) is 44.7 Å². The summed E-state index contributed by atoms with van der Waals surface area (Å²) in [6.07, 6.45) is 11.9. The zero-order valence-corrected chi connectivity index (χ0v) is 20.6. The third-order valence-electron chi connectivity index (χ3n) is 6.45. The summed E-state index contributed by atoms with van der Waals surface area (Å²) in [6, 6.07) is 6.60. The minimum Gasteiger partial charge on any atom is -0.497 e. The van der Waals surface area contributed by atoms with Gasteiger partial charge in [0.2, 0.25) is 0 Å². The first kappa shape index (κ1) is 25.0. The van der Waals surface area contributed by atoms with Gasteiger partial charge >= 0.3 is 0 Å². The van der Waals surface area contributed by atoms with Crippen LogP contribution in [0.1, 0.15) is 84.6 Å². The molecule has 0 radical (unpaired) electrons. The Balaban J connectivity index is 1.62. The van der Waals surface area contributed by atoms with Gasteiger partial charge in [0.25, 0.3) is 0 Å². The molecular formula is C27H48N2O. The standard InChI is InChI=1S/C27H48N2O/c1-23(2)15-20-28(21-16-24(3)4)17-9-7-6-8-10-18-29-19-11-12-25-22-26(30-5)13-14-27(25)29/h13-14,22-24H,6-12,15-21H2,1-5H3. The Morgan fingerprint density at radius 2 is 1.57 bits per heavy atom. The van der Waals surface area contributed by atoms with Crippen LogP contribution in [0.5, 0.6) is 5.75 Å². The molecule has 1 aromatic carbocycles. The maximum atomic E-state index is 5.40. The van der Waals surface area contributed by atoms with E-state index in [9.17, 15) is 0 Å². The first-order valence-corrected chi connectivity index (χ1v) is 12.6. The minimum absolute atomic E-state index is 0.813. The molecule has 1 aromatic rings. The molecule has 0 spiro atoms. The van der Waals surface area contributed by atoms with E-state index in [-0.39, 0.29) is 0 Å². The highest BCUT2D eigenvalue weighted by atomic mass is 16.5. The number of aryl methyl sites for hydroxylation is 1. The van der Waals surface area contributed by atoms with Crippen LogP contribution >= 0.6 is 0 Å². The predicted molar refractivity (Wildman–Crippen MR) is 132 cm³/mol. The van der Waals surface area contributed by atoms with E-state index in [0.717, 1.165) is 17.6 Å². The van der Waals surface area contributed by atoms with Crippen LogP contribution in [-0.2, 0) is 6.42 Å². The largest absolute Gasteiger partial charge is 0.497 e. The Hall–Kier alpha value is -1.22. The topological polar surface area (TPSA) is 15.7 Å². The third-order valence-corrected chi connectivity index (χ3v) is 6.45. The van der Waals surface area contributed by atoms with Gasteiger partial charge in [-0.25, -0.2) is 0 Å². The van der Waals surface area contributed by atoms with Gasteiger partial charge in [-0.1, -0.05) is 47.0 Å². The number of ether oxygens (including phenoxy) is 1. The Morgan fingerprint density at radius 3 is 2.23 bits per heavy atom. The van der Waals surface area contributed by atoms with E-state index in [0.29, 0.717) is 0 Å². The van der Waals surface area contributed by atoms with E-state index >= 15 is 0 Å². The maximum absolute atomic E-state index is 5.40. The fraction of sp³-hybridized carbons (Fsp3) is 0.778. The lowest BCUT2D eigenvalue weighted by Gasteiger charge is -2.31. The summed E-state index contributed by atoms with van der Waals surface area (Å²) in [7, 11) is 1.76. The van der Waals surface area contributed by atoms with Crippen LogP contribution in [0.3, 0.4) is 0 Å². The number of hydrogen-bond acceptors (Lipinski definition) is 3. The minimum atomic E-state index is 0.813. The Kier molecular flexibility index (Phi) is 11.7. The van der Waals surface area contributed by atoms with Crippen LogP contribution in [0.15, 0.2) is 18.2 Å². The number of rotatable bonds is 15. The molecule has 2 rings (SSSR count). The lowest BCUT2D eigenvalue weighted by molar-refractivity contribution is 0.238. The van der Waals surface area contributed by atoms with Crippen molar-refractivity contribution < 1.29 is 4.74 Å². The summed E-state index contributed by atoms with van der Waals surface area (Å²) < 4.78 is 5.40. The molecule has 0 unspecified atom stereocenters. The van der Waals surface area contributed by atoms with Crippen LogP contribution in [0.4, 0.5) is 5.69 Å². The van der Waals surface area contributed by atoms with E-state index in [2.05, 4.69) is 55.7 Å². The molecule has 0 amide bonds. The number of anilines is 1. The summed E-state index contributed by atoms with van der Waals surface area (Å²) in [6.45, 7) is 15.6. The van der Waals surface area contributed by atoms with E-state index in [1.54, 1.807) is 7.11 Å². The monoisotopic (exact) mass is 416 g/mol. The van der Waals surface area contributed by atoms with E-state index in [4.69, 9.17) is 4.74 Å². The summed E-state index contributed by atoms with van der Waals surface area (Å²) in [4.78, 5) is 5.32. The Labute approximate surface area is 187 Å². The summed E-state index contributed by atoms with van der Waals surface area (Å²) in [5.41, 5.74) is 2.90. The van der Waals surface area contributed by atoms with Crippen LogP contribution in [0.25, 0.3) is 0 Å². The van der Waals surface area contributed by atoms with E-state index < -0.39 is 0 Å². The van der Waals surface area contributed by atoms with Gasteiger partial charge in [-0.15, -0.1) is 0 Å². The average Bonchev–Trinajstić information content (AvgIpc) is 2.73. The molecule has 0 N–H and O–H groups in total. The molecule has 3 nitrogen and oxygen atoms in total. The molecule has 0 fully saturated rings. The van der Waals surface area contributed by atoms with Crippen molar-refractivity contribution in [1.82, 2.24) is 4.90 Å². The average molecular weight is 417 g/mol. The van der Waals surface area contributed by atoms with Crippen LogP contribution in [-0.4, -0.2) is 44.7 Å². The van der Waals surface area contributed by atoms with Crippen molar-refractivity contribution in [1.29, 1.82) is 0 Å². The fourth-order valence-electron chi connectivity index (χ4n) is 4.40. The molecule has 0 aromatic heterocycles. The van der Waals surface area contributed by atoms with Crippen molar-refractivity contribution in [3.63, 3.8) is 0 Å². The molecule has 1 aliphatic heterocycles. The fourth-order valence-corrected chi connectivity index (χ4v) is 4.40. The Morgan fingerprint density at radius 1 is 0.900 bits per heavy atom. The van der Waals surface area contributed by atoms with Gasteiger partial charge in [0, 0.05) is 18.8 Å². The second-order valence-corrected chi connectivity index (χ2v) is 10.1. The number of hydrogen-bond donors (Lipinski definition) is 0. The molecule has 0 bridgehead atoms. The highest BCUT2D eigenvalue weighted by Crippen LogP contribution is 2.30. The molecule has 0 saturated carbocycles. The predicted octanol–water partition coefficient (Wildman–Crippen LogP) is 6.79. The van der Waals surface area contributed by atoms with Gasteiger partial charge in [0.15, 0.2) is 0 Å². The number of benzene rings is 1. The maximum Gasteiger partial charge on any atom is 0.119 e. The first-order valence-electron chi connectivity index (χ1n) is 12.6. The second kappa shape index (κ2) is 14.0. The smallest absolute Gasteiger partial charge is 0.119 e. The Bertz CT molecular complexity index is 572. The summed E-state index contributed by atoms with van der Waals surface area (Å²) >= 11 is 0. The van der Waals surface area contributed by atoms with Gasteiger partial charge in [0.1, 0.15) is 5.75 Å². The highest BCUT2D eigenvalue weighted by Gasteiger charge is 2.16. The zero-order valence-electron chi connectivity index (χ0n) is 20.6. The second-order valence-electron chi connectivity index (χ2n) is 10.1. The van der Waals surface area contributed by atoms with Gasteiger partial charge in [0.05, 0.1) is 7.11 Å². The van der Waals surface area contributed by atoms with Crippen LogP contribution < -0.4 is 9.64 Å². The molecule has 3 heteroatoms. The lowest BCUT2D eigenvalue weighted by atomic mass is 10.0. The molecule has 1 heterocycles. The van der Waals surface area contributed by atoms with E-state index in [1.165, 1.54) is 102 Å². The van der Waals surface area contributed by atoms with Crippen molar-refractivity contribution in [3.8, 4) is 5.75 Å². The molecule has 0 aliphatic carbocycles. The van der Waals surface area contributed by atoms with Crippen LogP contribution in [0, 0.1) is 11.8 Å². The normalized spacial score (nSPS) is 14.1. The van der Waals surface area contributed by atoms with Crippen molar-refractivity contribution >= 4 is 5.69 Å². The number of unbranched alkanes of at least 4 members (excludes halogenated alkanes) is 4. The van der Waals surface area contributed by atoms with Gasteiger partial charge in [-0.05, 0) is 93.8 Å². The molecule has 0 saturated heterocycles. The SMILES string of the molecule is COc1ccc2c(c1)CCCN2CCCCCCCN(CCC(C)C)CCC(C)C. The molecule has 0 atom stereocenters. The molecule has 30 heavy (non-hydrogen) atoms. The summed E-state index contributed by atoms with van der Waals surface area (Å²) in [5.74, 6) is 2.62. The number of nitrogens with zero attached hydrogens (tertiary/aromatic N) is 2. The van der Waals surface area contributed by atoms with Gasteiger partial charge in [-0.2, -0.15) is 0 Å². The lowest BCUT2D eigenvalue weighted by Crippen LogP contribution is -2.30. The molecule has 172 valence electrons. The molecular weight excluding hydrogens is 368 g/mol. The van der Waals surface area contributed by atoms with Crippen molar-refractivity contribution in [3.05, 3.63) is 23.8 Å². The third kappa shape index (κ3) is 9.29. The van der Waals surface area contributed by atoms with Crippen molar-refractivity contribution in [2.45, 2.75) is 85.5 Å². The highest BCUT2D eigenvalue weighted by molar-refractivity contribution is 5.58. The zero-order chi connectivity index (χ0) is 21.8. The van der Waals surface area contributed by atoms with E-state index in [1.807, 2.05) is 0 Å². The van der Waals surface area contributed by atoms with Gasteiger partial charge < -0.3 is 14.5 Å². The van der Waals surface area contributed by atoms with Crippen molar-refractivity contribution in [2.24, 2.45) is 11.8 Å². The molecule has 1 aliphatic rings. The number of fused-ring (bicyclic) bond motifs is 1. The number of methoxy groups -OCH3 is 1. The van der Waals surface area contributed by atoms with Crippen LogP contribution in [0.2, 0.25) is 0 Å². The van der Waals surface area contributed by atoms with Gasteiger partial charge in [-0.3, -0.25) is 0 Å².